The van der Waals surface area contributed by atoms with Crippen LogP contribution in [0.25, 0.3) is 0 Å². The summed E-state index contributed by atoms with van der Waals surface area (Å²) in [5.74, 6) is -1.10. The van der Waals surface area contributed by atoms with Gasteiger partial charge in [0.1, 0.15) is 0 Å². The molecule has 1 aromatic heterocycles. The van der Waals surface area contributed by atoms with E-state index >= 15 is 0 Å². The number of amides is 3. The Morgan fingerprint density at radius 2 is 1.15 bits per heavy atom. The van der Waals surface area contributed by atoms with Gasteiger partial charge in [-0.1, -0.05) is 13.8 Å². The molecule has 0 atom stereocenters. The summed E-state index contributed by atoms with van der Waals surface area (Å²) in [7, 11) is 0. The Bertz CT molecular complexity index is 495. The van der Waals surface area contributed by atoms with Crippen LogP contribution in [0.4, 0.5) is 17.8 Å². The van der Waals surface area contributed by atoms with E-state index in [0.29, 0.717) is 0 Å². The van der Waals surface area contributed by atoms with Crippen molar-refractivity contribution in [3.8, 4) is 0 Å². The summed E-state index contributed by atoms with van der Waals surface area (Å²) < 4.78 is 0. The molecule has 0 bridgehead atoms. The minimum Gasteiger partial charge on any atom is -0.295 e. The molecule has 0 unspecified atom stereocenters. The van der Waals surface area contributed by atoms with Crippen molar-refractivity contribution in [2.24, 2.45) is 0 Å². The number of nitrogens with one attached hydrogen (secondary N) is 3. The molecule has 9 heteroatoms. The maximum Gasteiger partial charge on any atom is 0.236 e. The topological polar surface area (TPSA) is 126 Å². The van der Waals surface area contributed by atoms with Crippen LogP contribution >= 0.6 is 0 Å². The maximum atomic E-state index is 11.3. The van der Waals surface area contributed by atoms with Gasteiger partial charge in [-0.05, 0) is 0 Å². The van der Waals surface area contributed by atoms with E-state index < -0.39 is 0 Å². The third-order valence-corrected chi connectivity index (χ3v) is 2.07. The minimum absolute atomic E-state index is 0.0398. The fourth-order valence-corrected chi connectivity index (χ4v) is 1.13. The molecule has 0 fully saturated rings. The average molecular weight is 280 g/mol. The van der Waals surface area contributed by atoms with E-state index in [1.54, 1.807) is 13.8 Å². The standard InChI is InChI=1S/C11H16N6O3/c1-4-7(19)13-10-15-9(12-6(3)18)16-11(17-10)14-8(20)5-2/h4-5H2,1-3H3,(H3,12,13,14,15,16,17,18,19,20). The summed E-state index contributed by atoms with van der Waals surface area (Å²) in [6.07, 6.45) is 0.496. The average Bonchev–Trinajstić information content (AvgIpc) is 2.37. The van der Waals surface area contributed by atoms with Gasteiger partial charge in [0.15, 0.2) is 0 Å². The Labute approximate surface area is 115 Å². The second kappa shape index (κ2) is 7.12. The molecule has 0 spiro atoms. The molecule has 1 aromatic rings. The lowest BCUT2D eigenvalue weighted by atomic mass is 10.4. The van der Waals surface area contributed by atoms with Crippen LogP contribution in [-0.4, -0.2) is 32.7 Å². The molecule has 3 amide bonds. The highest BCUT2D eigenvalue weighted by Crippen LogP contribution is 2.10. The van der Waals surface area contributed by atoms with Gasteiger partial charge >= 0.3 is 0 Å². The number of carbonyl (C=O) groups excluding carboxylic acids is 3. The van der Waals surface area contributed by atoms with Crippen molar-refractivity contribution >= 4 is 35.6 Å². The molecular formula is C11H16N6O3. The molecule has 0 radical (unpaired) electrons. The molecule has 0 aliphatic heterocycles. The van der Waals surface area contributed by atoms with Crippen LogP contribution in [0.2, 0.25) is 0 Å². The van der Waals surface area contributed by atoms with E-state index in [9.17, 15) is 14.4 Å². The first kappa shape index (κ1) is 15.5. The molecule has 0 aliphatic rings. The summed E-state index contributed by atoms with van der Waals surface area (Å²) >= 11 is 0. The summed E-state index contributed by atoms with van der Waals surface area (Å²) in [5, 5.41) is 7.23. The molecule has 1 heterocycles. The number of anilines is 3. The van der Waals surface area contributed by atoms with Crippen molar-refractivity contribution in [2.45, 2.75) is 33.6 Å². The summed E-state index contributed by atoms with van der Waals surface area (Å²) in [6, 6.07) is 0. The van der Waals surface area contributed by atoms with Gasteiger partial charge in [-0.2, -0.15) is 15.0 Å². The Kier molecular flexibility index (Phi) is 5.51. The second-order valence-electron chi connectivity index (χ2n) is 3.79. The highest BCUT2D eigenvalue weighted by atomic mass is 16.2. The molecule has 0 saturated heterocycles. The van der Waals surface area contributed by atoms with Crippen LogP contribution in [0.1, 0.15) is 33.6 Å². The van der Waals surface area contributed by atoms with E-state index in [-0.39, 0.29) is 48.4 Å². The van der Waals surface area contributed by atoms with Crippen LogP contribution in [0.3, 0.4) is 0 Å². The molecule has 0 saturated carbocycles. The largest absolute Gasteiger partial charge is 0.295 e. The normalized spacial score (nSPS) is 9.75. The highest BCUT2D eigenvalue weighted by molar-refractivity contribution is 5.91. The number of carbonyl (C=O) groups is 3. The van der Waals surface area contributed by atoms with Crippen molar-refractivity contribution < 1.29 is 14.4 Å². The Morgan fingerprint density at radius 1 is 0.800 bits per heavy atom. The summed E-state index contributed by atoms with van der Waals surface area (Å²) in [4.78, 5) is 45.2. The lowest BCUT2D eigenvalue weighted by Crippen LogP contribution is -2.19. The molecule has 0 aromatic carbocycles. The lowest BCUT2D eigenvalue weighted by molar-refractivity contribution is -0.116. The zero-order valence-corrected chi connectivity index (χ0v) is 11.5. The van der Waals surface area contributed by atoms with Crippen LogP contribution in [0.5, 0.6) is 0 Å². The zero-order valence-electron chi connectivity index (χ0n) is 11.5. The quantitative estimate of drug-likeness (QED) is 0.722. The van der Waals surface area contributed by atoms with Crippen LogP contribution in [0.15, 0.2) is 0 Å². The third kappa shape index (κ3) is 4.96. The van der Waals surface area contributed by atoms with E-state index in [0.717, 1.165) is 0 Å². The molecule has 1 rings (SSSR count). The fraction of sp³-hybridized carbons (Fsp3) is 0.455. The fourth-order valence-electron chi connectivity index (χ4n) is 1.13. The molecular weight excluding hydrogens is 264 g/mol. The van der Waals surface area contributed by atoms with Gasteiger partial charge in [0.2, 0.25) is 35.6 Å². The number of rotatable bonds is 5. The number of nitrogens with zero attached hydrogens (tertiary/aromatic N) is 3. The first-order valence-corrected chi connectivity index (χ1v) is 6.08. The molecule has 9 nitrogen and oxygen atoms in total. The lowest BCUT2D eigenvalue weighted by Gasteiger charge is -2.08. The second-order valence-corrected chi connectivity index (χ2v) is 3.79. The molecule has 0 aliphatic carbocycles. The molecule has 108 valence electrons. The van der Waals surface area contributed by atoms with E-state index in [4.69, 9.17) is 0 Å². The summed E-state index contributed by atoms with van der Waals surface area (Å²) in [6.45, 7) is 4.63. The van der Waals surface area contributed by atoms with Crippen molar-refractivity contribution in [1.29, 1.82) is 0 Å². The van der Waals surface area contributed by atoms with Crippen LogP contribution < -0.4 is 16.0 Å². The van der Waals surface area contributed by atoms with Gasteiger partial charge in [-0.25, -0.2) is 0 Å². The third-order valence-electron chi connectivity index (χ3n) is 2.07. The Morgan fingerprint density at radius 3 is 1.45 bits per heavy atom. The SMILES string of the molecule is CCC(=O)Nc1nc(NC(C)=O)nc(NC(=O)CC)n1. The monoisotopic (exact) mass is 280 g/mol. The molecule has 3 N–H and O–H groups in total. The molecule has 20 heavy (non-hydrogen) atoms. The van der Waals surface area contributed by atoms with Crippen molar-refractivity contribution in [3.05, 3.63) is 0 Å². The van der Waals surface area contributed by atoms with Crippen molar-refractivity contribution in [2.75, 3.05) is 16.0 Å². The first-order chi connectivity index (χ1) is 9.44. The Hall–Kier alpha value is -2.58. The van der Waals surface area contributed by atoms with Gasteiger partial charge in [0, 0.05) is 19.8 Å². The van der Waals surface area contributed by atoms with Crippen LogP contribution in [0, 0.1) is 0 Å². The number of aromatic nitrogens is 3. The van der Waals surface area contributed by atoms with Gasteiger partial charge in [-0.15, -0.1) is 0 Å². The van der Waals surface area contributed by atoms with Gasteiger partial charge in [0.25, 0.3) is 0 Å². The van der Waals surface area contributed by atoms with Crippen molar-refractivity contribution in [3.63, 3.8) is 0 Å². The van der Waals surface area contributed by atoms with Gasteiger partial charge in [0.05, 0.1) is 0 Å². The smallest absolute Gasteiger partial charge is 0.236 e. The van der Waals surface area contributed by atoms with E-state index in [2.05, 4.69) is 30.9 Å². The van der Waals surface area contributed by atoms with Crippen molar-refractivity contribution in [1.82, 2.24) is 15.0 Å². The van der Waals surface area contributed by atoms with E-state index in [1.165, 1.54) is 6.92 Å². The number of hydrogen-bond acceptors (Lipinski definition) is 6. The Balaban J connectivity index is 3.03. The van der Waals surface area contributed by atoms with Gasteiger partial charge in [-0.3, -0.25) is 30.3 Å². The first-order valence-electron chi connectivity index (χ1n) is 6.08. The summed E-state index contributed by atoms with van der Waals surface area (Å²) in [5.41, 5.74) is 0. The predicted octanol–water partition coefficient (Wildman–Crippen LogP) is 0.527. The van der Waals surface area contributed by atoms with Crippen LogP contribution in [-0.2, 0) is 14.4 Å². The maximum absolute atomic E-state index is 11.3. The zero-order chi connectivity index (χ0) is 15.1. The van der Waals surface area contributed by atoms with Gasteiger partial charge < -0.3 is 0 Å². The van der Waals surface area contributed by atoms with E-state index in [1.807, 2.05) is 0 Å². The highest BCUT2D eigenvalue weighted by Gasteiger charge is 2.11. The number of hydrogen-bond donors (Lipinski definition) is 3. The minimum atomic E-state index is -0.378. The predicted molar refractivity (Wildman–Crippen MR) is 72.0 cm³/mol.